The number of hydrogen-bond acceptors (Lipinski definition) is 2. The Morgan fingerprint density at radius 1 is 1.29 bits per heavy atom. The predicted octanol–water partition coefficient (Wildman–Crippen LogP) is 2.30. The Hall–Kier alpha value is 0.600. The van der Waals surface area contributed by atoms with E-state index < -0.39 is 10.2 Å². The van der Waals surface area contributed by atoms with Crippen molar-refractivity contribution in [3.63, 3.8) is 0 Å². The lowest BCUT2D eigenvalue weighted by molar-refractivity contribution is 0.265. The van der Waals surface area contributed by atoms with E-state index in [0.717, 1.165) is 36.5 Å². The zero-order valence-corrected chi connectivity index (χ0v) is 13.5. The number of rotatable bonds is 7. The van der Waals surface area contributed by atoms with Crippen LogP contribution in [0.25, 0.3) is 0 Å². The van der Waals surface area contributed by atoms with Crippen molar-refractivity contribution in [1.82, 2.24) is 9.03 Å². The highest BCUT2D eigenvalue weighted by molar-refractivity contribution is 14.1. The van der Waals surface area contributed by atoms with E-state index in [0.29, 0.717) is 13.1 Å². The lowest BCUT2D eigenvalue weighted by Gasteiger charge is -2.32. The minimum atomic E-state index is -3.24. The summed E-state index contributed by atoms with van der Waals surface area (Å²) in [5.74, 6) is 0. The molecule has 1 N–H and O–H groups in total. The zero-order chi connectivity index (χ0) is 12.7. The predicted molar refractivity (Wildman–Crippen MR) is 79.7 cm³/mol. The maximum absolute atomic E-state index is 12.0. The molecule has 1 heterocycles. The molecule has 0 bridgehead atoms. The minimum absolute atomic E-state index is 0.149. The second-order valence-corrected chi connectivity index (χ2v) is 7.39. The standard InChI is InChI=1S/C11H23IN2O2S/c1-11-7-3-6-10-14(11)17(15,16)13-9-5-2-4-8-12/h11,13H,2-10H2,1H3. The lowest BCUT2D eigenvalue weighted by Crippen LogP contribution is -2.48. The van der Waals surface area contributed by atoms with Crippen LogP contribution in [-0.4, -0.2) is 36.3 Å². The number of piperidine rings is 1. The van der Waals surface area contributed by atoms with Crippen LogP contribution in [0.5, 0.6) is 0 Å². The Balaban J connectivity index is 2.34. The van der Waals surface area contributed by atoms with E-state index in [2.05, 4.69) is 27.3 Å². The number of nitrogens with one attached hydrogen (secondary N) is 1. The van der Waals surface area contributed by atoms with Crippen molar-refractivity contribution in [2.45, 2.75) is 51.5 Å². The molecule has 102 valence electrons. The van der Waals surface area contributed by atoms with Crippen molar-refractivity contribution in [3.8, 4) is 0 Å². The Labute approximate surface area is 119 Å². The molecule has 0 saturated carbocycles. The molecule has 0 spiro atoms. The van der Waals surface area contributed by atoms with Gasteiger partial charge in [0.15, 0.2) is 0 Å². The molecule has 1 aliphatic heterocycles. The summed E-state index contributed by atoms with van der Waals surface area (Å²) in [5.41, 5.74) is 0. The van der Waals surface area contributed by atoms with Gasteiger partial charge in [-0.25, -0.2) is 4.72 Å². The van der Waals surface area contributed by atoms with Crippen LogP contribution in [0.1, 0.15) is 45.4 Å². The molecule has 0 aromatic heterocycles. The van der Waals surface area contributed by atoms with Crippen molar-refractivity contribution in [3.05, 3.63) is 0 Å². The Morgan fingerprint density at radius 3 is 2.71 bits per heavy atom. The molecule has 1 rings (SSSR count). The van der Waals surface area contributed by atoms with Crippen molar-refractivity contribution in [2.75, 3.05) is 17.5 Å². The average molecular weight is 374 g/mol. The quantitative estimate of drug-likeness (QED) is 0.422. The normalized spacial score (nSPS) is 22.8. The van der Waals surface area contributed by atoms with Gasteiger partial charge in [-0.15, -0.1) is 0 Å². The Bertz CT molecular complexity index is 309. The van der Waals surface area contributed by atoms with Gasteiger partial charge in [-0.05, 0) is 37.0 Å². The van der Waals surface area contributed by atoms with Crippen LogP contribution in [0.3, 0.4) is 0 Å². The second-order valence-electron chi connectivity index (χ2n) is 4.60. The molecular formula is C11H23IN2O2S. The Kier molecular flexibility index (Phi) is 7.28. The molecule has 0 aromatic carbocycles. The second kappa shape index (κ2) is 7.91. The van der Waals surface area contributed by atoms with Crippen molar-refractivity contribution in [2.24, 2.45) is 0 Å². The average Bonchev–Trinajstić information content (AvgIpc) is 2.29. The smallest absolute Gasteiger partial charge is 0.202 e. The largest absolute Gasteiger partial charge is 0.279 e. The third-order valence-corrected chi connectivity index (χ3v) is 5.64. The summed E-state index contributed by atoms with van der Waals surface area (Å²) < 4.78 is 29.6. The van der Waals surface area contributed by atoms with Gasteiger partial charge in [0.2, 0.25) is 0 Å². The van der Waals surface area contributed by atoms with E-state index in [1.54, 1.807) is 4.31 Å². The first-order valence-electron chi connectivity index (χ1n) is 6.40. The van der Waals surface area contributed by atoms with Gasteiger partial charge in [0, 0.05) is 19.1 Å². The maximum Gasteiger partial charge on any atom is 0.279 e. The lowest BCUT2D eigenvalue weighted by atomic mass is 10.1. The zero-order valence-electron chi connectivity index (χ0n) is 10.5. The van der Waals surface area contributed by atoms with Crippen molar-refractivity contribution in [1.29, 1.82) is 0 Å². The van der Waals surface area contributed by atoms with Crippen LogP contribution < -0.4 is 4.72 Å². The third-order valence-electron chi connectivity index (χ3n) is 3.15. The van der Waals surface area contributed by atoms with E-state index in [1.165, 1.54) is 6.42 Å². The summed E-state index contributed by atoms with van der Waals surface area (Å²) in [7, 11) is -3.24. The SMILES string of the molecule is CC1CCCCN1S(=O)(=O)NCCCCCI. The molecule has 4 nitrogen and oxygen atoms in total. The molecule has 0 aromatic rings. The topological polar surface area (TPSA) is 49.4 Å². The van der Waals surface area contributed by atoms with Gasteiger partial charge >= 0.3 is 0 Å². The molecule has 1 saturated heterocycles. The van der Waals surface area contributed by atoms with Crippen LogP contribution >= 0.6 is 22.6 Å². The minimum Gasteiger partial charge on any atom is -0.202 e. The van der Waals surface area contributed by atoms with Gasteiger partial charge in [0.25, 0.3) is 10.2 Å². The molecule has 1 unspecified atom stereocenters. The molecule has 1 fully saturated rings. The number of hydrogen-bond donors (Lipinski definition) is 1. The van der Waals surface area contributed by atoms with Gasteiger partial charge in [0.1, 0.15) is 0 Å². The molecular weight excluding hydrogens is 351 g/mol. The third kappa shape index (κ3) is 5.40. The molecule has 17 heavy (non-hydrogen) atoms. The molecule has 0 radical (unpaired) electrons. The summed E-state index contributed by atoms with van der Waals surface area (Å²) >= 11 is 2.35. The highest BCUT2D eigenvalue weighted by Gasteiger charge is 2.28. The fraction of sp³-hybridized carbons (Fsp3) is 1.00. The van der Waals surface area contributed by atoms with Gasteiger partial charge < -0.3 is 0 Å². The first kappa shape index (κ1) is 15.7. The van der Waals surface area contributed by atoms with E-state index in [9.17, 15) is 8.42 Å². The van der Waals surface area contributed by atoms with Gasteiger partial charge in [-0.3, -0.25) is 0 Å². The van der Waals surface area contributed by atoms with Gasteiger partial charge in [-0.1, -0.05) is 35.4 Å². The summed E-state index contributed by atoms with van der Waals surface area (Å²) in [4.78, 5) is 0. The van der Waals surface area contributed by atoms with E-state index in [1.807, 2.05) is 6.92 Å². The highest BCUT2D eigenvalue weighted by atomic mass is 127. The molecule has 1 atom stereocenters. The summed E-state index contributed by atoms with van der Waals surface area (Å²) in [6.07, 6.45) is 6.31. The summed E-state index contributed by atoms with van der Waals surface area (Å²) in [5, 5.41) is 0. The highest BCUT2D eigenvalue weighted by Crippen LogP contribution is 2.18. The van der Waals surface area contributed by atoms with Crippen LogP contribution in [0.4, 0.5) is 0 Å². The fourth-order valence-electron chi connectivity index (χ4n) is 2.11. The van der Waals surface area contributed by atoms with Gasteiger partial charge in [-0.2, -0.15) is 12.7 Å². The molecule has 0 amide bonds. The van der Waals surface area contributed by atoms with Crippen LogP contribution in [0, 0.1) is 0 Å². The summed E-state index contributed by atoms with van der Waals surface area (Å²) in [6.45, 7) is 3.24. The monoisotopic (exact) mass is 374 g/mol. The van der Waals surface area contributed by atoms with E-state index in [-0.39, 0.29) is 6.04 Å². The molecule has 1 aliphatic rings. The van der Waals surface area contributed by atoms with Crippen molar-refractivity contribution >= 4 is 32.8 Å². The van der Waals surface area contributed by atoms with Gasteiger partial charge in [0.05, 0.1) is 0 Å². The number of nitrogens with zero attached hydrogens (tertiary/aromatic N) is 1. The first-order valence-corrected chi connectivity index (χ1v) is 9.37. The van der Waals surface area contributed by atoms with E-state index in [4.69, 9.17) is 0 Å². The fourth-order valence-corrected chi connectivity index (χ4v) is 4.17. The van der Waals surface area contributed by atoms with Crippen LogP contribution in [0.2, 0.25) is 0 Å². The van der Waals surface area contributed by atoms with Crippen LogP contribution in [0.15, 0.2) is 0 Å². The number of alkyl halides is 1. The first-order chi connectivity index (χ1) is 8.08. The van der Waals surface area contributed by atoms with E-state index >= 15 is 0 Å². The molecule has 0 aliphatic carbocycles. The number of halogens is 1. The maximum atomic E-state index is 12.0. The molecule has 6 heteroatoms. The summed E-state index contributed by atoms with van der Waals surface area (Å²) in [6, 6.07) is 0.149. The van der Waals surface area contributed by atoms with Crippen molar-refractivity contribution < 1.29 is 8.42 Å². The van der Waals surface area contributed by atoms with Crippen LogP contribution in [-0.2, 0) is 10.2 Å². The Morgan fingerprint density at radius 2 is 2.06 bits per heavy atom. The number of unbranched alkanes of at least 4 members (excludes halogenated alkanes) is 2.